The van der Waals surface area contributed by atoms with Crippen molar-refractivity contribution in [3.8, 4) is 11.4 Å². The van der Waals surface area contributed by atoms with E-state index in [2.05, 4.69) is 31.1 Å². The van der Waals surface area contributed by atoms with E-state index in [1.807, 2.05) is 17.0 Å². The second-order valence-electron chi connectivity index (χ2n) is 7.67. The Bertz CT molecular complexity index is 767. The topological polar surface area (TPSA) is 71.0 Å². The van der Waals surface area contributed by atoms with Gasteiger partial charge in [0.1, 0.15) is 5.82 Å². The molecule has 0 aliphatic carbocycles. The first-order valence-electron chi connectivity index (χ1n) is 8.63. The van der Waals surface area contributed by atoms with E-state index in [-0.39, 0.29) is 11.3 Å². The third kappa shape index (κ3) is 4.13. The number of nitrogens with zero attached hydrogens (tertiary/aromatic N) is 4. The fraction of sp³-hybridized carbons (Fsp3) is 0.474. The van der Waals surface area contributed by atoms with Crippen molar-refractivity contribution in [3.63, 3.8) is 0 Å². The lowest BCUT2D eigenvalue weighted by Crippen LogP contribution is -2.35. The van der Waals surface area contributed by atoms with Crippen LogP contribution in [0.25, 0.3) is 11.4 Å². The standard InChI is InChI=1S/C19H25N5O/c1-13(25)24-9-7-15-16(11-24)22-17(14-6-5-8-20-10-14)23-18(15)21-12-19(2,3)4/h5-6,8,10H,7,9,11-12H2,1-4H3,(H,21,22,23). The summed E-state index contributed by atoms with van der Waals surface area (Å²) in [7, 11) is 0. The molecule has 3 heterocycles. The molecular formula is C19H25N5O. The number of amides is 1. The lowest BCUT2D eigenvalue weighted by molar-refractivity contribution is -0.129. The third-order valence-electron chi connectivity index (χ3n) is 4.22. The van der Waals surface area contributed by atoms with Crippen molar-refractivity contribution in [1.29, 1.82) is 0 Å². The van der Waals surface area contributed by atoms with Crippen LogP contribution in [-0.2, 0) is 17.8 Å². The quantitative estimate of drug-likeness (QED) is 0.931. The van der Waals surface area contributed by atoms with Gasteiger partial charge >= 0.3 is 0 Å². The van der Waals surface area contributed by atoms with Gasteiger partial charge in [0, 0.05) is 43.5 Å². The number of pyridine rings is 1. The highest BCUT2D eigenvalue weighted by Gasteiger charge is 2.24. The van der Waals surface area contributed by atoms with Crippen LogP contribution < -0.4 is 5.32 Å². The molecule has 0 saturated carbocycles. The van der Waals surface area contributed by atoms with Crippen molar-refractivity contribution in [3.05, 3.63) is 35.8 Å². The smallest absolute Gasteiger partial charge is 0.219 e. The summed E-state index contributed by atoms with van der Waals surface area (Å²) < 4.78 is 0. The number of anilines is 1. The van der Waals surface area contributed by atoms with Gasteiger partial charge in [-0.3, -0.25) is 9.78 Å². The first-order valence-corrected chi connectivity index (χ1v) is 8.63. The van der Waals surface area contributed by atoms with Crippen LogP contribution in [0.15, 0.2) is 24.5 Å². The highest BCUT2D eigenvalue weighted by molar-refractivity contribution is 5.74. The zero-order valence-electron chi connectivity index (χ0n) is 15.3. The molecule has 1 N–H and O–H groups in total. The third-order valence-corrected chi connectivity index (χ3v) is 4.22. The van der Waals surface area contributed by atoms with Crippen LogP contribution in [0.3, 0.4) is 0 Å². The number of aromatic nitrogens is 3. The second kappa shape index (κ2) is 6.78. The Morgan fingerprint density at radius 1 is 1.32 bits per heavy atom. The minimum Gasteiger partial charge on any atom is -0.369 e. The van der Waals surface area contributed by atoms with Crippen LogP contribution in [-0.4, -0.2) is 38.8 Å². The van der Waals surface area contributed by atoms with Crippen molar-refractivity contribution in [1.82, 2.24) is 19.9 Å². The lowest BCUT2D eigenvalue weighted by Gasteiger charge is -2.29. The van der Waals surface area contributed by atoms with Crippen molar-refractivity contribution in [2.45, 2.75) is 40.7 Å². The molecule has 0 atom stereocenters. The average molecular weight is 339 g/mol. The van der Waals surface area contributed by atoms with Crippen LogP contribution in [0.4, 0.5) is 5.82 Å². The minimum absolute atomic E-state index is 0.0800. The molecule has 0 saturated heterocycles. The first kappa shape index (κ1) is 17.3. The van der Waals surface area contributed by atoms with E-state index in [0.29, 0.717) is 18.9 Å². The van der Waals surface area contributed by atoms with Gasteiger partial charge in [0.2, 0.25) is 5.91 Å². The zero-order chi connectivity index (χ0) is 18.0. The maximum atomic E-state index is 11.8. The predicted molar refractivity (Wildman–Crippen MR) is 98.0 cm³/mol. The van der Waals surface area contributed by atoms with Gasteiger partial charge in [0.15, 0.2) is 5.82 Å². The molecule has 0 aromatic carbocycles. The number of carbonyl (C=O) groups is 1. The van der Waals surface area contributed by atoms with Gasteiger partial charge < -0.3 is 10.2 Å². The largest absolute Gasteiger partial charge is 0.369 e. The first-order chi connectivity index (χ1) is 11.8. The Hall–Kier alpha value is -2.50. The molecule has 0 radical (unpaired) electrons. The van der Waals surface area contributed by atoms with Crippen molar-refractivity contribution >= 4 is 11.7 Å². The van der Waals surface area contributed by atoms with E-state index in [4.69, 9.17) is 9.97 Å². The molecule has 25 heavy (non-hydrogen) atoms. The summed E-state index contributed by atoms with van der Waals surface area (Å²) in [5.41, 5.74) is 3.07. The van der Waals surface area contributed by atoms with Crippen molar-refractivity contribution < 1.29 is 4.79 Å². The lowest BCUT2D eigenvalue weighted by atomic mass is 9.96. The van der Waals surface area contributed by atoms with Gasteiger partial charge in [-0.2, -0.15) is 0 Å². The summed E-state index contributed by atoms with van der Waals surface area (Å²) in [5, 5.41) is 3.49. The number of rotatable bonds is 3. The summed E-state index contributed by atoms with van der Waals surface area (Å²) in [5.74, 6) is 1.60. The van der Waals surface area contributed by atoms with E-state index in [0.717, 1.165) is 35.6 Å². The molecule has 2 aromatic heterocycles. The number of nitrogens with one attached hydrogen (secondary N) is 1. The molecule has 0 fully saturated rings. The van der Waals surface area contributed by atoms with Gasteiger partial charge in [-0.25, -0.2) is 9.97 Å². The Balaban J connectivity index is 2.01. The molecule has 0 spiro atoms. The van der Waals surface area contributed by atoms with E-state index in [9.17, 15) is 4.79 Å². The van der Waals surface area contributed by atoms with Gasteiger partial charge in [0.05, 0.1) is 12.2 Å². The Kier molecular flexibility index (Phi) is 4.70. The summed E-state index contributed by atoms with van der Waals surface area (Å²) in [6.07, 6.45) is 4.27. The highest BCUT2D eigenvalue weighted by atomic mass is 16.2. The molecule has 1 aliphatic heterocycles. The zero-order valence-corrected chi connectivity index (χ0v) is 15.3. The van der Waals surface area contributed by atoms with Crippen molar-refractivity contribution in [2.75, 3.05) is 18.4 Å². The second-order valence-corrected chi connectivity index (χ2v) is 7.67. The summed E-state index contributed by atoms with van der Waals surface area (Å²) >= 11 is 0. The molecule has 1 amide bonds. The maximum Gasteiger partial charge on any atom is 0.219 e. The molecule has 3 rings (SSSR count). The average Bonchev–Trinajstić information content (AvgIpc) is 2.59. The Labute approximate surface area is 148 Å². The minimum atomic E-state index is 0.0800. The van der Waals surface area contributed by atoms with E-state index >= 15 is 0 Å². The van der Waals surface area contributed by atoms with Gasteiger partial charge in [0.25, 0.3) is 0 Å². The molecular weight excluding hydrogens is 314 g/mol. The van der Waals surface area contributed by atoms with E-state index in [1.165, 1.54) is 0 Å². The van der Waals surface area contributed by atoms with Crippen LogP contribution in [0, 0.1) is 5.41 Å². The molecule has 6 heteroatoms. The van der Waals surface area contributed by atoms with Gasteiger partial charge in [-0.05, 0) is 24.0 Å². The molecule has 0 unspecified atom stereocenters. The SMILES string of the molecule is CC(=O)N1CCc2c(nc(-c3cccnc3)nc2NCC(C)(C)C)C1. The number of carbonyl (C=O) groups excluding carboxylic acids is 1. The molecule has 0 bridgehead atoms. The fourth-order valence-electron chi connectivity index (χ4n) is 2.82. The van der Waals surface area contributed by atoms with Crippen LogP contribution in [0.1, 0.15) is 39.0 Å². The summed E-state index contributed by atoms with van der Waals surface area (Å²) in [4.78, 5) is 27.3. The number of hydrogen-bond acceptors (Lipinski definition) is 5. The van der Waals surface area contributed by atoms with E-state index < -0.39 is 0 Å². The highest BCUT2D eigenvalue weighted by Crippen LogP contribution is 2.28. The number of hydrogen-bond donors (Lipinski definition) is 1. The van der Waals surface area contributed by atoms with Crippen LogP contribution >= 0.6 is 0 Å². The van der Waals surface area contributed by atoms with Crippen molar-refractivity contribution in [2.24, 2.45) is 5.41 Å². The molecule has 1 aliphatic rings. The van der Waals surface area contributed by atoms with Gasteiger partial charge in [-0.1, -0.05) is 20.8 Å². The summed E-state index contributed by atoms with van der Waals surface area (Å²) in [6, 6.07) is 3.83. The molecule has 2 aromatic rings. The molecule has 132 valence electrons. The van der Waals surface area contributed by atoms with Crippen LogP contribution in [0.5, 0.6) is 0 Å². The summed E-state index contributed by atoms with van der Waals surface area (Å²) in [6.45, 7) is 10.2. The Morgan fingerprint density at radius 2 is 2.12 bits per heavy atom. The normalized spacial score (nSPS) is 14.2. The predicted octanol–water partition coefficient (Wildman–Crippen LogP) is 2.90. The van der Waals surface area contributed by atoms with Gasteiger partial charge in [-0.15, -0.1) is 0 Å². The van der Waals surface area contributed by atoms with E-state index in [1.54, 1.807) is 19.3 Å². The number of fused-ring (bicyclic) bond motifs is 1. The fourth-order valence-corrected chi connectivity index (χ4v) is 2.82. The molecule has 6 nitrogen and oxygen atoms in total. The Morgan fingerprint density at radius 3 is 2.76 bits per heavy atom. The monoisotopic (exact) mass is 339 g/mol. The maximum absolute atomic E-state index is 11.8. The van der Waals surface area contributed by atoms with Crippen LogP contribution in [0.2, 0.25) is 0 Å².